The summed E-state index contributed by atoms with van der Waals surface area (Å²) in [4.78, 5) is 10.7. The van der Waals surface area contributed by atoms with Crippen LogP contribution in [0.4, 0.5) is 0 Å². The van der Waals surface area contributed by atoms with Crippen molar-refractivity contribution >= 4 is 33.2 Å². The molecule has 0 radical (unpaired) electrons. The van der Waals surface area contributed by atoms with Crippen LogP contribution in [0.5, 0.6) is 0 Å². The predicted octanol–water partition coefficient (Wildman–Crippen LogP) is 1.63. The first-order valence-electron chi connectivity index (χ1n) is 2.42. The van der Waals surface area contributed by atoms with Gasteiger partial charge in [0.05, 0.1) is 9.35 Å². The van der Waals surface area contributed by atoms with Crippen LogP contribution < -0.4 is 5.48 Å². The molecule has 1 rings (SSSR count). The van der Waals surface area contributed by atoms with E-state index in [0.717, 1.165) is 3.79 Å². The van der Waals surface area contributed by atoms with Crippen LogP contribution in [0.25, 0.3) is 0 Å². The number of nitrogens with one attached hydrogen (secondary N) is 1. The fraction of sp³-hybridized carbons (Fsp3) is 0. The topological polar surface area (TPSA) is 49.3 Å². The summed E-state index contributed by atoms with van der Waals surface area (Å²) < 4.78 is 0.867. The van der Waals surface area contributed by atoms with E-state index in [2.05, 4.69) is 15.9 Å². The molecular formula is C5H4BrNO2S. The summed E-state index contributed by atoms with van der Waals surface area (Å²) in [5.41, 5.74) is 2.00. The number of amides is 1. The van der Waals surface area contributed by atoms with Crippen molar-refractivity contribution in [3.05, 3.63) is 20.8 Å². The van der Waals surface area contributed by atoms with Gasteiger partial charge in [-0.3, -0.25) is 10.0 Å². The van der Waals surface area contributed by atoms with Crippen molar-refractivity contribution in [3.63, 3.8) is 0 Å². The fourth-order valence-corrected chi connectivity index (χ4v) is 1.63. The van der Waals surface area contributed by atoms with Gasteiger partial charge in [-0.15, -0.1) is 11.3 Å². The first-order valence-corrected chi connectivity index (χ1v) is 4.10. The lowest BCUT2D eigenvalue weighted by molar-refractivity contribution is 0.0707. The number of carbonyl (C=O) groups excluding carboxylic acids is 1. The Morgan fingerprint density at radius 1 is 1.80 bits per heavy atom. The molecule has 54 valence electrons. The lowest BCUT2D eigenvalue weighted by Crippen LogP contribution is -2.17. The van der Waals surface area contributed by atoms with Crippen LogP contribution in [0, 0.1) is 0 Å². The van der Waals surface area contributed by atoms with Crippen LogP contribution in [-0.2, 0) is 0 Å². The molecule has 0 aliphatic heterocycles. The van der Waals surface area contributed by atoms with Crippen molar-refractivity contribution in [2.45, 2.75) is 0 Å². The largest absolute Gasteiger partial charge is 0.288 e. The van der Waals surface area contributed by atoms with Gasteiger partial charge in [0.25, 0.3) is 5.91 Å². The molecule has 1 aromatic heterocycles. The minimum atomic E-state index is -0.484. The number of hydrogen-bond donors (Lipinski definition) is 2. The Kier molecular flexibility index (Phi) is 2.42. The number of rotatable bonds is 1. The van der Waals surface area contributed by atoms with Crippen molar-refractivity contribution in [3.8, 4) is 0 Å². The van der Waals surface area contributed by atoms with Gasteiger partial charge < -0.3 is 0 Å². The molecule has 0 atom stereocenters. The monoisotopic (exact) mass is 221 g/mol. The van der Waals surface area contributed by atoms with Crippen molar-refractivity contribution in [2.24, 2.45) is 0 Å². The Balaban J connectivity index is 2.85. The number of hydroxylamine groups is 1. The van der Waals surface area contributed by atoms with Gasteiger partial charge in [-0.05, 0) is 22.0 Å². The van der Waals surface area contributed by atoms with Crippen LogP contribution in [0.3, 0.4) is 0 Å². The van der Waals surface area contributed by atoms with Crippen molar-refractivity contribution in [1.29, 1.82) is 0 Å². The predicted molar refractivity (Wildman–Crippen MR) is 41.3 cm³/mol. The first kappa shape index (κ1) is 7.71. The van der Waals surface area contributed by atoms with E-state index in [0.29, 0.717) is 5.56 Å². The fourth-order valence-electron chi connectivity index (χ4n) is 0.494. The number of hydrogen-bond acceptors (Lipinski definition) is 3. The van der Waals surface area contributed by atoms with Crippen LogP contribution >= 0.6 is 27.3 Å². The molecule has 0 unspecified atom stereocenters. The summed E-state index contributed by atoms with van der Waals surface area (Å²) in [7, 11) is 0. The molecule has 0 spiro atoms. The van der Waals surface area contributed by atoms with E-state index in [9.17, 15) is 4.79 Å². The van der Waals surface area contributed by atoms with Crippen LogP contribution in [-0.4, -0.2) is 11.1 Å². The minimum Gasteiger partial charge on any atom is -0.288 e. The summed E-state index contributed by atoms with van der Waals surface area (Å²) in [6.45, 7) is 0. The molecule has 0 saturated carbocycles. The maximum Gasteiger partial charge on any atom is 0.275 e. The quantitative estimate of drug-likeness (QED) is 0.560. The van der Waals surface area contributed by atoms with Crippen molar-refractivity contribution < 1.29 is 10.0 Å². The van der Waals surface area contributed by atoms with Gasteiger partial charge in [0.2, 0.25) is 0 Å². The van der Waals surface area contributed by atoms with E-state index < -0.39 is 5.91 Å². The molecule has 5 heteroatoms. The lowest BCUT2D eigenvalue weighted by Gasteiger charge is -1.89. The van der Waals surface area contributed by atoms with E-state index in [1.807, 2.05) is 0 Å². The van der Waals surface area contributed by atoms with Crippen molar-refractivity contribution in [2.75, 3.05) is 0 Å². The molecule has 2 N–H and O–H groups in total. The Morgan fingerprint density at radius 2 is 2.50 bits per heavy atom. The lowest BCUT2D eigenvalue weighted by atomic mass is 10.3. The molecule has 0 aromatic carbocycles. The van der Waals surface area contributed by atoms with Crippen molar-refractivity contribution in [1.82, 2.24) is 5.48 Å². The second-order valence-corrected chi connectivity index (χ2v) is 3.87. The maximum atomic E-state index is 10.7. The highest BCUT2D eigenvalue weighted by Crippen LogP contribution is 2.20. The Labute approximate surface area is 69.8 Å². The number of thiophene rings is 1. The Hall–Kier alpha value is -0.390. The highest BCUT2D eigenvalue weighted by Gasteiger charge is 2.04. The SMILES string of the molecule is O=C(NO)c1csc(Br)c1. The third kappa shape index (κ3) is 1.56. The summed E-state index contributed by atoms with van der Waals surface area (Å²) in [5.74, 6) is -0.484. The molecule has 10 heavy (non-hydrogen) atoms. The van der Waals surface area contributed by atoms with Gasteiger partial charge in [0, 0.05) is 5.38 Å². The van der Waals surface area contributed by atoms with Crippen LogP contribution in [0.1, 0.15) is 10.4 Å². The van der Waals surface area contributed by atoms with E-state index in [4.69, 9.17) is 5.21 Å². The average molecular weight is 222 g/mol. The second kappa shape index (κ2) is 3.14. The van der Waals surface area contributed by atoms with E-state index in [-0.39, 0.29) is 0 Å². The zero-order valence-electron chi connectivity index (χ0n) is 4.80. The minimum absolute atomic E-state index is 0.458. The van der Waals surface area contributed by atoms with Crippen LogP contribution in [0.2, 0.25) is 0 Å². The normalized spacial score (nSPS) is 9.40. The Morgan fingerprint density at radius 3 is 2.90 bits per heavy atom. The number of carbonyl (C=O) groups is 1. The molecular weight excluding hydrogens is 218 g/mol. The molecule has 1 heterocycles. The maximum absolute atomic E-state index is 10.7. The van der Waals surface area contributed by atoms with E-state index in [1.54, 1.807) is 16.9 Å². The summed E-state index contributed by atoms with van der Waals surface area (Å²) in [5, 5.41) is 9.84. The highest BCUT2D eigenvalue weighted by molar-refractivity contribution is 9.11. The summed E-state index contributed by atoms with van der Waals surface area (Å²) in [6.07, 6.45) is 0. The van der Waals surface area contributed by atoms with Gasteiger partial charge >= 0.3 is 0 Å². The van der Waals surface area contributed by atoms with Crippen LogP contribution in [0.15, 0.2) is 15.2 Å². The van der Waals surface area contributed by atoms with Gasteiger partial charge in [-0.25, -0.2) is 5.48 Å². The number of halogens is 1. The summed E-state index contributed by atoms with van der Waals surface area (Å²) >= 11 is 4.58. The molecule has 0 fully saturated rings. The zero-order chi connectivity index (χ0) is 7.56. The molecule has 0 aliphatic rings. The average Bonchev–Trinajstić information content (AvgIpc) is 2.34. The van der Waals surface area contributed by atoms with Gasteiger partial charge in [-0.2, -0.15) is 0 Å². The molecule has 0 bridgehead atoms. The molecule has 0 aliphatic carbocycles. The molecule has 1 amide bonds. The smallest absolute Gasteiger partial charge is 0.275 e. The van der Waals surface area contributed by atoms with Gasteiger partial charge in [0.15, 0.2) is 0 Å². The van der Waals surface area contributed by atoms with Gasteiger partial charge in [-0.1, -0.05) is 0 Å². The second-order valence-electron chi connectivity index (χ2n) is 1.58. The zero-order valence-corrected chi connectivity index (χ0v) is 7.20. The third-order valence-electron chi connectivity index (χ3n) is 0.931. The molecule has 0 saturated heterocycles. The Bertz CT molecular complexity index is 248. The third-order valence-corrected chi connectivity index (χ3v) is 2.44. The van der Waals surface area contributed by atoms with Gasteiger partial charge in [0.1, 0.15) is 0 Å². The first-order chi connectivity index (χ1) is 4.74. The van der Waals surface area contributed by atoms with E-state index >= 15 is 0 Å². The molecule has 1 aromatic rings. The summed E-state index contributed by atoms with van der Waals surface area (Å²) in [6, 6.07) is 1.64. The standard InChI is InChI=1S/C5H4BrNO2S/c6-4-1-3(2-10-4)5(8)7-9/h1-2,9H,(H,7,8). The highest BCUT2D eigenvalue weighted by atomic mass is 79.9. The van der Waals surface area contributed by atoms with E-state index in [1.165, 1.54) is 11.3 Å². The molecule has 3 nitrogen and oxygen atoms in total.